The molecule has 2 unspecified atom stereocenters. The molecule has 0 bridgehead atoms. The van der Waals surface area contributed by atoms with Gasteiger partial charge >= 0.3 is 0 Å². The third-order valence-electron chi connectivity index (χ3n) is 3.58. The van der Waals surface area contributed by atoms with Crippen LogP contribution in [0.2, 0.25) is 0 Å². The van der Waals surface area contributed by atoms with Crippen LogP contribution in [-0.2, 0) is 4.74 Å². The predicted octanol–water partition coefficient (Wildman–Crippen LogP) is 3.09. The van der Waals surface area contributed by atoms with Crippen molar-refractivity contribution < 1.29 is 22.3 Å². The van der Waals surface area contributed by atoms with E-state index in [0.29, 0.717) is 0 Å². The molecule has 0 heterocycles. The van der Waals surface area contributed by atoms with Crippen molar-refractivity contribution in [2.45, 2.75) is 38.5 Å². The predicted molar refractivity (Wildman–Crippen MR) is 46.2 cm³/mol. The zero-order valence-corrected chi connectivity index (χ0v) is 8.75. The van der Waals surface area contributed by atoms with Crippen molar-refractivity contribution >= 4 is 0 Å². The van der Waals surface area contributed by atoms with E-state index in [0.717, 1.165) is 0 Å². The van der Waals surface area contributed by atoms with Crippen LogP contribution in [0.15, 0.2) is 0 Å². The lowest BCUT2D eigenvalue weighted by atomic mass is 10.1. The van der Waals surface area contributed by atoms with Gasteiger partial charge in [-0.15, -0.1) is 0 Å². The van der Waals surface area contributed by atoms with Crippen LogP contribution in [0.3, 0.4) is 0 Å². The Morgan fingerprint density at radius 2 is 1.13 bits per heavy atom. The molecule has 0 aromatic rings. The lowest BCUT2D eigenvalue weighted by molar-refractivity contribution is -0.0193. The standard InChI is InChI=1S/C10H14F4O/c1-7(3-9(7,11)12)5-15-6-8(2)4-10(8,13)14/h3-6H2,1-2H3. The molecule has 0 aromatic carbocycles. The molecule has 5 heteroatoms. The smallest absolute Gasteiger partial charge is 0.256 e. The molecule has 15 heavy (non-hydrogen) atoms. The van der Waals surface area contributed by atoms with E-state index in [1.54, 1.807) is 0 Å². The van der Waals surface area contributed by atoms with Gasteiger partial charge in [0.25, 0.3) is 11.8 Å². The summed E-state index contributed by atoms with van der Waals surface area (Å²) in [4.78, 5) is 0. The van der Waals surface area contributed by atoms with Crippen molar-refractivity contribution in [2.24, 2.45) is 10.8 Å². The molecule has 2 aliphatic rings. The second-order valence-electron chi connectivity index (χ2n) is 5.38. The maximum atomic E-state index is 12.7. The Morgan fingerprint density at radius 1 is 0.867 bits per heavy atom. The van der Waals surface area contributed by atoms with Crippen molar-refractivity contribution in [1.29, 1.82) is 0 Å². The van der Waals surface area contributed by atoms with Crippen LogP contribution >= 0.6 is 0 Å². The summed E-state index contributed by atoms with van der Waals surface area (Å²) < 4.78 is 56.0. The summed E-state index contributed by atoms with van der Waals surface area (Å²) >= 11 is 0. The first-order chi connectivity index (χ1) is 6.62. The van der Waals surface area contributed by atoms with Gasteiger partial charge in [-0.3, -0.25) is 0 Å². The molecule has 0 amide bonds. The van der Waals surface area contributed by atoms with Crippen molar-refractivity contribution in [3.63, 3.8) is 0 Å². The maximum absolute atomic E-state index is 12.7. The monoisotopic (exact) mass is 226 g/mol. The van der Waals surface area contributed by atoms with Gasteiger partial charge in [0, 0.05) is 12.8 Å². The van der Waals surface area contributed by atoms with E-state index in [1.165, 1.54) is 13.8 Å². The van der Waals surface area contributed by atoms with E-state index in [-0.39, 0.29) is 26.1 Å². The topological polar surface area (TPSA) is 9.23 Å². The molecule has 2 fully saturated rings. The van der Waals surface area contributed by atoms with Gasteiger partial charge in [-0.05, 0) is 0 Å². The second kappa shape index (κ2) is 2.67. The zero-order valence-electron chi connectivity index (χ0n) is 8.75. The van der Waals surface area contributed by atoms with Gasteiger partial charge in [-0.25, -0.2) is 17.6 Å². The molecule has 0 aromatic heterocycles. The highest BCUT2D eigenvalue weighted by Crippen LogP contribution is 2.62. The fourth-order valence-corrected chi connectivity index (χ4v) is 1.71. The van der Waals surface area contributed by atoms with Crippen LogP contribution < -0.4 is 0 Å². The summed E-state index contributed by atoms with van der Waals surface area (Å²) in [6, 6.07) is 0. The summed E-state index contributed by atoms with van der Waals surface area (Å²) in [5.74, 6) is -5.36. The normalized spacial score (nSPS) is 45.2. The van der Waals surface area contributed by atoms with Crippen molar-refractivity contribution in [2.75, 3.05) is 13.2 Å². The first kappa shape index (κ1) is 11.2. The first-order valence-corrected chi connectivity index (χ1v) is 4.95. The third kappa shape index (κ3) is 1.65. The van der Waals surface area contributed by atoms with Crippen LogP contribution in [0.1, 0.15) is 26.7 Å². The minimum Gasteiger partial charge on any atom is -0.380 e. The van der Waals surface area contributed by atoms with Gasteiger partial charge in [0.2, 0.25) is 0 Å². The number of hydrogen-bond acceptors (Lipinski definition) is 1. The van der Waals surface area contributed by atoms with Gasteiger partial charge < -0.3 is 4.74 Å². The number of hydrogen-bond donors (Lipinski definition) is 0. The fraction of sp³-hybridized carbons (Fsp3) is 1.00. The van der Waals surface area contributed by atoms with Gasteiger partial charge in [0.1, 0.15) is 0 Å². The lowest BCUT2D eigenvalue weighted by Crippen LogP contribution is -2.20. The zero-order chi connectivity index (χ0) is 11.5. The summed E-state index contributed by atoms with van der Waals surface area (Å²) in [7, 11) is 0. The number of ether oxygens (including phenoxy) is 1. The van der Waals surface area contributed by atoms with Gasteiger partial charge in [0.05, 0.1) is 24.0 Å². The average Bonchev–Trinajstić information content (AvgIpc) is 2.67. The Hall–Kier alpha value is -0.320. The highest BCUT2D eigenvalue weighted by Gasteiger charge is 2.70. The van der Waals surface area contributed by atoms with E-state index in [9.17, 15) is 17.6 Å². The Labute approximate surface area is 85.8 Å². The fourth-order valence-electron chi connectivity index (χ4n) is 1.71. The Bertz CT molecular complexity index is 263. The van der Waals surface area contributed by atoms with Crippen molar-refractivity contribution in [3.05, 3.63) is 0 Å². The number of alkyl halides is 4. The highest BCUT2D eigenvalue weighted by molar-refractivity contribution is 5.09. The van der Waals surface area contributed by atoms with Gasteiger partial charge in [-0.1, -0.05) is 13.8 Å². The molecule has 0 N–H and O–H groups in total. The van der Waals surface area contributed by atoms with Crippen molar-refractivity contribution in [3.8, 4) is 0 Å². The Balaban J connectivity index is 1.74. The maximum Gasteiger partial charge on any atom is 0.256 e. The van der Waals surface area contributed by atoms with E-state index < -0.39 is 22.7 Å². The van der Waals surface area contributed by atoms with E-state index in [1.807, 2.05) is 0 Å². The first-order valence-electron chi connectivity index (χ1n) is 4.95. The molecule has 88 valence electrons. The summed E-state index contributed by atoms with van der Waals surface area (Å²) in [6.07, 6.45) is -0.403. The molecule has 0 radical (unpaired) electrons. The summed E-state index contributed by atoms with van der Waals surface area (Å²) in [5.41, 5.74) is -2.26. The van der Waals surface area contributed by atoms with Crippen molar-refractivity contribution in [1.82, 2.24) is 0 Å². The van der Waals surface area contributed by atoms with Gasteiger partial charge in [-0.2, -0.15) is 0 Å². The molecule has 1 nitrogen and oxygen atoms in total. The van der Waals surface area contributed by atoms with E-state index in [4.69, 9.17) is 4.74 Å². The molecule has 2 rings (SSSR count). The van der Waals surface area contributed by atoms with Crippen LogP contribution in [-0.4, -0.2) is 25.1 Å². The van der Waals surface area contributed by atoms with Gasteiger partial charge in [0.15, 0.2) is 0 Å². The number of rotatable bonds is 4. The molecular weight excluding hydrogens is 212 g/mol. The largest absolute Gasteiger partial charge is 0.380 e. The minimum atomic E-state index is -2.68. The third-order valence-corrected chi connectivity index (χ3v) is 3.58. The Morgan fingerprint density at radius 3 is 1.33 bits per heavy atom. The van der Waals surface area contributed by atoms with E-state index in [2.05, 4.69) is 0 Å². The van der Waals surface area contributed by atoms with Crippen LogP contribution in [0, 0.1) is 10.8 Å². The Kier molecular flexibility index (Phi) is 1.99. The number of halogens is 4. The van der Waals surface area contributed by atoms with E-state index >= 15 is 0 Å². The molecule has 2 aliphatic carbocycles. The van der Waals surface area contributed by atoms with Crippen LogP contribution in [0.5, 0.6) is 0 Å². The second-order valence-corrected chi connectivity index (χ2v) is 5.38. The molecular formula is C10H14F4O. The summed E-state index contributed by atoms with van der Waals surface area (Å²) in [6.45, 7) is 2.57. The molecule has 0 spiro atoms. The average molecular weight is 226 g/mol. The molecule has 0 saturated heterocycles. The lowest BCUT2D eigenvalue weighted by Gasteiger charge is -2.14. The molecule has 2 atom stereocenters. The minimum absolute atomic E-state index is 0.133. The SMILES string of the molecule is CC1(COCC2(C)CC2(F)F)CC1(F)F. The molecule has 2 saturated carbocycles. The molecule has 0 aliphatic heterocycles. The van der Waals surface area contributed by atoms with Crippen LogP contribution in [0.4, 0.5) is 17.6 Å². The highest BCUT2D eigenvalue weighted by atomic mass is 19.3. The van der Waals surface area contributed by atoms with Crippen LogP contribution in [0.25, 0.3) is 0 Å². The quantitative estimate of drug-likeness (QED) is 0.669. The summed E-state index contributed by atoms with van der Waals surface area (Å²) in [5, 5.41) is 0.